The molecule has 13 heavy (non-hydrogen) atoms. The molecule has 0 amide bonds. The van der Waals surface area contributed by atoms with Crippen LogP contribution in [0.25, 0.3) is 5.57 Å². The van der Waals surface area contributed by atoms with Crippen molar-refractivity contribution in [1.29, 1.82) is 0 Å². The van der Waals surface area contributed by atoms with E-state index in [0.717, 1.165) is 16.9 Å². The van der Waals surface area contributed by atoms with Crippen LogP contribution in [0.4, 0.5) is 0 Å². The predicted molar refractivity (Wildman–Crippen MR) is 52.3 cm³/mol. The Labute approximate surface area is 106 Å². The number of rotatable bonds is 2. The van der Waals surface area contributed by atoms with Crippen molar-refractivity contribution in [2.45, 2.75) is 6.92 Å². The molecule has 0 radical (unpaired) electrons. The summed E-state index contributed by atoms with van der Waals surface area (Å²) in [5, 5.41) is 0. The van der Waals surface area contributed by atoms with Crippen molar-refractivity contribution in [3.63, 3.8) is 0 Å². The van der Waals surface area contributed by atoms with Gasteiger partial charge in [0, 0.05) is 5.75 Å². The van der Waals surface area contributed by atoms with Gasteiger partial charge in [-0.15, -0.1) is 42.0 Å². The second-order valence-corrected chi connectivity index (χ2v) is 2.42. The van der Waals surface area contributed by atoms with Crippen molar-refractivity contribution in [2.24, 2.45) is 0 Å². The molecule has 0 N–H and O–H groups in total. The van der Waals surface area contributed by atoms with Crippen molar-refractivity contribution < 1.29 is 21.7 Å². The molecular weight excluding hydrogens is 240 g/mol. The Morgan fingerprint density at radius 2 is 2.08 bits per heavy atom. The minimum atomic E-state index is 0. The van der Waals surface area contributed by atoms with Gasteiger partial charge < -0.3 is 21.7 Å². The van der Waals surface area contributed by atoms with Gasteiger partial charge in [0.2, 0.25) is 0 Å². The molecule has 0 unspecified atom stereocenters. The molecule has 0 aliphatic carbocycles. The van der Waals surface area contributed by atoms with Crippen LogP contribution in [0.3, 0.4) is 0 Å². The zero-order chi connectivity index (χ0) is 8.27. The minimum Gasteiger partial charge on any atom is -1.00 e. The van der Waals surface area contributed by atoms with E-state index in [1.807, 2.05) is 25.1 Å². The van der Waals surface area contributed by atoms with Gasteiger partial charge in [-0.05, 0) is 0 Å². The van der Waals surface area contributed by atoms with Crippen LogP contribution in [0.2, 0.25) is 0 Å². The molecule has 0 heterocycles. The number of hydrogen-bond acceptors (Lipinski definition) is 1. The third-order valence-electron chi connectivity index (χ3n) is 1.48. The van der Waals surface area contributed by atoms with E-state index in [1.165, 1.54) is 0 Å². The second kappa shape index (κ2) is 7.41. The molecule has 66 valence electrons. The smallest absolute Gasteiger partial charge is 1.00 e. The fourth-order valence-electron chi connectivity index (χ4n) is 0.803. The fourth-order valence-corrected chi connectivity index (χ4v) is 0.803. The maximum Gasteiger partial charge on any atom is 2.00 e. The number of halogens is 1. The average molecular weight is 251 g/mol. The van der Waals surface area contributed by atoms with Gasteiger partial charge in [0.05, 0.1) is 7.11 Å². The molecule has 0 fully saturated rings. The summed E-state index contributed by atoms with van der Waals surface area (Å²) in [6.07, 6.45) is 0. The van der Waals surface area contributed by atoms with E-state index >= 15 is 0 Å². The molecule has 0 aromatic heterocycles. The second-order valence-electron chi connectivity index (χ2n) is 2.42. The molecule has 0 atom stereocenters. The van der Waals surface area contributed by atoms with Gasteiger partial charge >= 0.3 is 23.1 Å². The zero-order valence-electron chi connectivity index (χ0n) is 7.93. The number of methoxy groups -OCH3 is 1. The van der Waals surface area contributed by atoms with Gasteiger partial charge in [-0.25, -0.2) is 0 Å². The van der Waals surface area contributed by atoms with Gasteiger partial charge in [-0.1, -0.05) is 6.92 Å². The normalized spacial score (nSPS) is 7.85. The van der Waals surface area contributed by atoms with Gasteiger partial charge in [0.15, 0.2) is 0 Å². The molecule has 3 heteroatoms. The van der Waals surface area contributed by atoms with Gasteiger partial charge in [-0.3, -0.25) is 0 Å². The summed E-state index contributed by atoms with van der Waals surface area (Å²) in [5.74, 6) is 0.829. The topological polar surface area (TPSA) is 9.23 Å². The fraction of sp³-hybridized carbons (Fsp3) is 0.200. The van der Waals surface area contributed by atoms with Gasteiger partial charge in [-0.2, -0.15) is 0 Å². The van der Waals surface area contributed by atoms with Crippen molar-refractivity contribution in [1.82, 2.24) is 0 Å². The molecule has 1 nitrogen and oxygen atoms in total. The number of benzene rings is 1. The zero-order valence-corrected chi connectivity index (χ0v) is 10.9. The maximum absolute atomic E-state index is 4.99. The third-order valence-corrected chi connectivity index (χ3v) is 1.48. The van der Waals surface area contributed by atoms with Crippen LogP contribution < -0.4 is 21.7 Å². The van der Waals surface area contributed by atoms with E-state index in [4.69, 9.17) is 4.74 Å². The van der Waals surface area contributed by atoms with E-state index in [1.54, 1.807) is 7.11 Å². The van der Waals surface area contributed by atoms with Crippen LogP contribution in [0, 0.1) is 6.07 Å². The first-order valence-corrected chi connectivity index (χ1v) is 3.45. The molecule has 0 spiro atoms. The molecule has 0 aliphatic rings. The molecule has 0 saturated heterocycles. The third kappa shape index (κ3) is 4.69. The Kier molecular flexibility index (Phi) is 8.83. The SMILES string of the molecule is C=C(C)c1[c-]cc(OC)cc1.[Br-].[Mg+2]. The van der Waals surface area contributed by atoms with Gasteiger partial charge in [0.1, 0.15) is 0 Å². The predicted octanol–water partition coefficient (Wildman–Crippen LogP) is -0.848. The van der Waals surface area contributed by atoms with Crippen LogP contribution in [-0.2, 0) is 0 Å². The maximum atomic E-state index is 4.99. The van der Waals surface area contributed by atoms with Crippen molar-refractivity contribution in [2.75, 3.05) is 7.11 Å². The number of ether oxygens (including phenoxy) is 1. The van der Waals surface area contributed by atoms with E-state index in [9.17, 15) is 0 Å². The van der Waals surface area contributed by atoms with Crippen LogP contribution in [0.5, 0.6) is 5.75 Å². The Balaban J connectivity index is 0. The standard InChI is InChI=1S/C10H11O.BrH.Mg/c1-8(2)9-4-6-10(11-3)7-5-9;;/h4,6-7H,1H2,2-3H3;1H;/q-1;;+2/p-1. The van der Waals surface area contributed by atoms with Crippen LogP contribution in [0.15, 0.2) is 24.8 Å². The summed E-state index contributed by atoms with van der Waals surface area (Å²) in [5.41, 5.74) is 2.05. The van der Waals surface area contributed by atoms with Crippen LogP contribution in [-0.4, -0.2) is 30.2 Å². The summed E-state index contributed by atoms with van der Waals surface area (Å²) in [7, 11) is 1.64. The number of hydrogen-bond donors (Lipinski definition) is 0. The first kappa shape index (κ1) is 15.5. The molecule has 1 aromatic rings. The largest absolute Gasteiger partial charge is 2.00 e. The summed E-state index contributed by atoms with van der Waals surface area (Å²) in [6, 6.07) is 8.72. The summed E-state index contributed by atoms with van der Waals surface area (Å²) >= 11 is 0. The van der Waals surface area contributed by atoms with E-state index in [2.05, 4.69) is 12.6 Å². The Morgan fingerprint density at radius 1 is 1.46 bits per heavy atom. The minimum absolute atomic E-state index is 0. The van der Waals surface area contributed by atoms with Crippen LogP contribution in [0.1, 0.15) is 12.5 Å². The quantitative estimate of drug-likeness (QED) is 0.492. The summed E-state index contributed by atoms with van der Waals surface area (Å²) in [6.45, 7) is 5.77. The molecule has 1 rings (SSSR count). The molecule has 1 aromatic carbocycles. The Hall–Kier alpha value is 0.00623. The first-order valence-electron chi connectivity index (χ1n) is 3.45. The summed E-state index contributed by atoms with van der Waals surface area (Å²) < 4.78 is 4.99. The summed E-state index contributed by atoms with van der Waals surface area (Å²) in [4.78, 5) is 0. The van der Waals surface area contributed by atoms with E-state index < -0.39 is 0 Å². The van der Waals surface area contributed by atoms with Crippen LogP contribution >= 0.6 is 0 Å². The average Bonchev–Trinajstić information content (AvgIpc) is 2.05. The molecular formula is C10H11BrMgO. The monoisotopic (exact) mass is 250 g/mol. The molecule has 0 aliphatic heterocycles. The van der Waals surface area contributed by atoms with Gasteiger partial charge in [0.25, 0.3) is 0 Å². The molecule has 0 saturated carbocycles. The number of allylic oxidation sites excluding steroid dienone is 1. The van der Waals surface area contributed by atoms with E-state index in [-0.39, 0.29) is 40.0 Å². The van der Waals surface area contributed by atoms with Crippen molar-refractivity contribution in [3.05, 3.63) is 36.4 Å². The molecule has 0 bridgehead atoms. The Morgan fingerprint density at radius 3 is 2.38 bits per heavy atom. The van der Waals surface area contributed by atoms with Crippen molar-refractivity contribution >= 4 is 28.6 Å². The van der Waals surface area contributed by atoms with Crippen molar-refractivity contribution in [3.8, 4) is 5.75 Å². The first-order chi connectivity index (χ1) is 5.24. The Bertz CT molecular complexity index is 256. The van der Waals surface area contributed by atoms with E-state index in [0.29, 0.717) is 0 Å².